The number of phenols is 2. The van der Waals surface area contributed by atoms with E-state index >= 15 is 0 Å². The van der Waals surface area contributed by atoms with E-state index in [-0.39, 0.29) is 11.5 Å². The molecule has 0 aromatic heterocycles. The number of rotatable bonds is 2. The number of hydrogen-bond donors (Lipinski definition) is 2. The van der Waals surface area contributed by atoms with Crippen LogP contribution in [-0.2, 0) is 5.41 Å². The fourth-order valence-corrected chi connectivity index (χ4v) is 2.82. The Morgan fingerprint density at radius 1 is 0.875 bits per heavy atom. The quantitative estimate of drug-likeness (QED) is 0.635. The van der Waals surface area contributed by atoms with Gasteiger partial charge in [0.2, 0.25) is 0 Å². The van der Waals surface area contributed by atoms with Gasteiger partial charge in [0.15, 0.2) is 11.5 Å². The van der Waals surface area contributed by atoms with Crippen LogP contribution >= 0.6 is 0 Å². The zero-order valence-corrected chi connectivity index (χ0v) is 12.6. The van der Waals surface area contributed by atoms with Crippen LogP contribution in [0.4, 0.5) is 11.4 Å². The summed E-state index contributed by atoms with van der Waals surface area (Å²) in [6.07, 6.45) is 0. The lowest BCUT2D eigenvalue weighted by Gasteiger charge is -2.34. The molecule has 0 aliphatic carbocycles. The number of nitro groups is 2. The topological polar surface area (TPSA) is 136 Å². The molecule has 0 atom stereocenters. The highest BCUT2D eigenvalue weighted by atomic mass is 16.6. The molecule has 2 aromatic carbocycles. The number of aromatic hydroxyl groups is 2. The number of nitrogens with zero attached hydrogens (tertiary/aromatic N) is 2. The van der Waals surface area contributed by atoms with E-state index in [1.807, 2.05) is 0 Å². The van der Waals surface area contributed by atoms with E-state index in [4.69, 9.17) is 4.74 Å². The van der Waals surface area contributed by atoms with Gasteiger partial charge in [0.25, 0.3) is 0 Å². The first kappa shape index (κ1) is 15.5. The van der Waals surface area contributed by atoms with Crippen molar-refractivity contribution in [3.05, 3.63) is 55.6 Å². The second-order valence-electron chi connectivity index (χ2n) is 5.92. The minimum absolute atomic E-state index is 0.184. The molecule has 1 aliphatic rings. The maximum atomic E-state index is 11.0. The van der Waals surface area contributed by atoms with E-state index in [1.165, 1.54) is 12.1 Å². The molecule has 1 aliphatic heterocycles. The van der Waals surface area contributed by atoms with Crippen LogP contribution in [-0.4, -0.2) is 20.1 Å². The van der Waals surface area contributed by atoms with Crippen LogP contribution in [0, 0.1) is 20.2 Å². The highest BCUT2D eigenvalue weighted by molar-refractivity contribution is 5.66. The van der Waals surface area contributed by atoms with Crippen molar-refractivity contribution in [2.75, 3.05) is 0 Å². The summed E-state index contributed by atoms with van der Waals surface area (Å²) in [7, 11) is 0. The van der Waals surface area contributed by atoms with Gasteiger partial charge in [-0.15, -0.1) is 0 Å². The molecule has 0 spiro atoms. The van der Waals surface area contributed by atoms with Crippen LogP contribution in [0.2, 0.25) is 0 Å². The van der Waals surface area contributed by atoms with Crippen LogP contribution in [0.25, 0.3) is 0 Å². The monoisotopic (exact) mass is 332 g/mol. The summed E-state index contributed by atoms with van der Waals surface area (Å²) >= 11 is 0. The fourth-order valence-electron chi connectivity index (χ4n) is 2.82. The Hall–Kier alpha value is -3.36. The Balaban J connectivity index is 2.27. The summed E-state index contributed by atoms with van der Waals surface area (Å²) in [5.41, 5.74) is -1.04. The van der Waals surface area contributed by atoms with Gasteiger partial charge in [-0.1, -0.05) is 13.8 Å². The van der Waals surface area contributed by atoms with Gasteiger partial charge in [0, 0.05) is 40.8 Å². The predicted molar refractivity (Wildman–Crippen MR) is 81.7 cm³/mol. The molecule has 9 nitrogen and oxygen atoms in total. The highest BCUT2D eigenvalue weighted by Crippen LogP contribution is 2.52. The molecule has 124 valence electrons. The third-order valence-electron chi connectivity index (χ3n) is 4.11. The summed E-state index contributed by atoms with van der Waals surface area (Å²) in [5.74, 6) is -0.735. The molecule has 0 unspecified atom stereocenters. The zero-order chi connectivity index (χ0) is 17.8. The molecule has 0 amide bonds. The first-order valence-corrected chi connectivity index (χ1v) is 6.84. The molecular weight excluding hydrogens is 320 g/mol. The van der Waals surface area contributed by atoms with Crippen molar-refractivity contribution in [3.8, 4) is 23.0 Å². The highest BCUT2D eigenvalue weighted by Gasteiger charge is 2.38. The molecule has 24 heavy (non-hydrogen) atoms. The Labute approximate surface area is 135 Å². The molecule has 3 rings (SSSR count). The van der Waals surface area contributed by atoms with E-state index in [1.54, 1.807) is 13.8 Å². The molecular formula is C15H12N2O7. The largest absolute Gasteiger partial charge is 0.502 e. The number of benzene rings is 2. The van der Waals surface area contributed by atoms with E-state index in [0.29, 0.717) is 11.1 Å². The minimum atomic E-state index is -0.875. The van der Waals surface area contributed by atoms with E-state index < -0.39 is 38.1 Å². The summed E-state index contributed by atoms with van der Waals surface area (Å²) in [4.78, 5) is 20.6. The lowest BCUT2D eigenvalue weighted by molar-refractivity contribution is -0.386. The number of ether oxygens (including phenoxy) is 1. The van der Waals surface area contributed by atoms with Crippen molar-refractivity contribution in [1.82, 2.24) is 0 Å². The molecule has 0 bridgehead atoms. The minimum Gasteiger partial charge on any atom is -0.502 e. The molecule has 0 saturated heterocycles. The Morgan fingerprint density at radius 3 is 1.58 bits per heavy atom. The molecule has 0 saturated carbocycles. The summed E-state index contributed by atoms with van der Waals surface area (Å²) in [6.45, 7) is 3.43. The summed E-state index contributed by atoms with van der Waals surface area (Å²) in [5, 5.41) is 41.6. The van der Waals surface area contributed by atoms with Crippen molar-refractivity contribution >= 4 is 11.4 Å². The Bertz CT molecular complexity index is 834. The average molecular weight is 332 g/mol. The normalized spacial score (nSPS) is 14.2. The molecule has 2 N–H and O–H groups in total. The van der Waals surface area contributed by atoms with Gasteiger partial charge >= 0.3 is 11.4 Å². The van der Waals surface area contributed by atoms with Crippen molar-refractivity contribution in [2.45, 2.75) is 19.3 Å². The molecule has 1 heterocycles. The van der Waals surface area contributed by atoms with Crippen LogP contribution < -0.4 is 4.74 Å². The van der Waals surface area contributed by atoms with Gasteiger partial charge in [-0.25, -0.2) is 0 Å². The smallest absolute Gasteiger partial charge is 0.311 e. The van der Waals surface area contributed by atoms with Crippen LogP contribution in [0.5, 0.6) is 23.0 Å². The van der Waals surface area contributed by atoms with Crippen molar-refractivity contribution < 1.29 is 24.8 Å². The van der Waals surface area contributed by atoms with Gasteiger partial charge in [-0.05, 0) is 0 Å². The Morgan fingerprint density at radius 2 is 1.25 bits per heavy atom. The van der Waals surface area contributed by atoms with Crippen LogP contribution in [0.3, 0.4) is 0 Å². The molecule has 9 heteroatoms. The fraction of sp³-hybridized carbons (Fsp3) is 0.200. The number of hydrogen-bond acceptors (Lipinski definition) is 7. The maximum absolute atomic E-state index is 11.0. The van der Waals surface area contributed by atoms with Crippen LogP contribution in [0.15, 0.2) is 24.3 Å². The number of fused-ring (bicyclic) bond motifs is 2. The lowest BCUT2D eigenvalue weighted by Crippen LogP contribution is -2.24. The van der Waals surface area contributed by atoms with Gasteiger partial charge in [0.05, 0.1) is 9.85 Å². The summed E-state index contributed by atoms with van der Waals surface area (Å²) in [6, 6.07) is 4.62. The van der Waals surface area contributed by atoms with Crippen molar-refractivity contribution in [3.63, 3.8) is 0 Å². The lowest BCUT2D eigenvalue weighted by atomic mass is 9.75. The molecule has 2 aromatic rings. The first-order chi connectivity index (χ1) is 11.1. The maximum Gasteiger partial charge on any atom is 0.311 e. The molecule has 0 radical (unpaired) electrons. The van der Waals surface area contributed by atoms with Gasteiger partial charge < -0.3 is 14.9 Å². The predicted octanol–water partition coefficient (Wildman–Crippen LogP) is 3.35. The van der Waals surface area contributed by atoms with E-state index in [0.717, 1.165) is 12.1 Å². The van der Waals surface area contributed by atoms with Gasteiger partial charge in [-0.2, -0.15) is 0 Å². The summed E-state index contributed by atoms with van der Waals surface area (Å²) < 4.78 is 5.58. The SMILES string of the molecule is CC1(C)c2cc([N+](=O)[O-])c(O)cc2Oc2cc(O)c([N+](=O)[O-])cc21. The van der Waals surface area contributed by atoms with E-state index in [2.05, 4.69) is 0 Å². The number of nitro benzene ring substituents is 2. The second-order valence-corrected chi connectivity index (χ2v) is 5.92. The average Bonchev–Trinajstić information content (AvgIpc) is 2.45. The standard InChI is InChI=1S/C15H12N2O7/c1-15(2)7-3-9(16(20)21)11(18)5-13(7)24-14-6-12(19)10(17(22)23)4-8(14)15/h3-6,18-19H,1-2H3. The Kier molecular flexibility index (Phi) is 3.12. The second kappa shape index (κ2) is 4.82. The zero-order valence-electron chi connectivity index (χ0n) is 12.6. The van der Waals surface area contributed by atoms with Gasteiger partial charge in [-0.3, -0.25) is 20.2 Å². The third-order valence-corrected chi connectivity index (χ3v) is 4.11. The third kappa shape index (κ3) is 2.09. The first-order valence-electron chi connectivity index (χ1n) is 6.84. The van der Waals surface area contributed by atoms with Gasteiger partial charge in [0.1, 0.15) is 11.5 Å². The number of phenolic OH excluding ortho intramolecular Hbond substituents is 2. The van der Waals surface area contributed by atoms with Crippen molar-refractivity contribution in [2.24, 2.45) is 0 Å². The van der Waals surface area contributed by atoms with E-state index in [9.17, 15) is 30.4 Å². The van der Waals surface area contributed by atoms with Crippen LogP contribution in [0.1, 0.15) is 25.0 Å². The molecule has 0 fully saturated rings. The van der Waals surface area contributed by atoms with Crippen molar-refractivity contribution in [1.29, 1.82) is 0 Å².